The maximum Gasteiger partial charge on any atom is 0.238 e. The summed E-state index contributed by atoms with van der Waals surface area (Å²) in [5.41, 5.74) is 3.77. The van der Waals surface area contributed by atoms with E-state index in [2.05, 4.69) is 24.4 Å². The van der Waals surface area contributed by atoms with Crippen LogP contribution in [0.15, 0.2) is 36.4 Å². The molecule has 0 fully saturated rings. The van der Waals surface area contributed by atoms with Gasteiger partial charge in [-0.3, -0.25) is 9.69 Å². The van der Waals surface area contributed by atoms with Crippen LogP contribution in [-0.4, -0.2) is 24.4 Å². The van der Waals surface area contributed by atoms with Crippen molar-refractivity contribution in [3.63, 3.8) is 0 Å². The highest BCUT2D eigenvalue weighted by Gasteiger charge is 2.13. The highest BCUT2D eigenvalue weighted by atomic mass is 35.5. The van der Waals surface area contributed by atoms with Gasteiger partial charge in [0.2, 0.25) is 5.91 Å². The summed E-state index contributed by atoms with van der Waals surface area (Å²) < 4.78 is 0. The number of nitrogens with one attached hydrogen (secondary N) is 1. The summed E-state index contributed by atoms with van der Waals surface area (Å²) in [4.78, 5) is 14.2. The van der Waals surface area contributed by atoms with E-state index in [4.69, 9.17) is 23.2 Å². The minimum Gasteiger partial charge on any atom is -0.322 e. The molecule has 2 rings (SSSR count). The van der Waals surface area contributed by atoms with Crippen LogP contribution in [0.3, 0.4) is 0 Å². The van der Waals surface area contributed by atoms with Crippen molar-refractivity contribution in [3.05, 3.63) is 63.1 Å². The van der Waals surface area contributed by atoms with Gasteiger partial charge in [0.25, 0.3) is 0 Å². The fraction of sp³-hybridized carbons (Fsp3) is 0.278. The molecule has 0 spiro atoms. The number of hydrogen-bond acceptors (Lipinski definition) is 2. The molecule has 1 amide bonds. The van der Waals surface area contributed by atoms with Gasteiger partial charge in [0, 0.05) is 6.54 Å². The fourth-order valence-electron chi connectivity index (χ4n) is 2.33. The van der Waals surface area contributed by atoms with Crippen molar-refractivity contribution in [2.24, 2.45) is 0 Å². The van der Waals surface area contributed by atoms with Crippen LogP contribution in [-0.2, 0) is 11.3 Å². The lowest BCUT2D eigenvalue weighted by molar-refractivity contribution is -0.117. The zero-order chi connectivity index (χ0) is 17.0. The van der Waals surface area contributed by atoms with Gasteiger partial charge >= 0.3 is 0 Å². The molecule has 0 aliphatic heterocycles. The van der Waals surface area contributed by atoms with Crippen LogP contribution in [0.1, 0.15) is 16.7 Å². The Labute approximate surface area is 147 Å². The Morgan fingerprint density at radius 2 is 1.78 bits per heavy atom. The molecule has 0 radical (unpaired) electrons. The van der Waals surface area contributed by atoms with Crippen LogP contribution in [0.2, 0.25) is 10.0 Å². The Balaban J connectivity index is 2.00. The third kappa shape index (κ3) is 4.71. The molecule has 0 aliphatic rings. The van der Waals surface area contributed by atoms with Crippen molar-refractivity contribution in [2.75, 3.05) is 18.9 Å². The summed E-state index contributed by atoms with van der Waals surface area (Å²) in [6.07, 6.45) is 0. The number of nitrogens with zero attached hydrogens (tertiary/aromatic N) is 1. The molecule has 0 aromatic heterocycles. The zero-order valence-electron chi connectivity index (χ0n) is 13.5. The van der Waals surface area contributed by atoms with Crippen LogP contribution in [0, 0.1) is 13.8 Å². The Morgan fingerprint density at radius 3 is 2.48 bits per heavy atom. The molecule has 0 bridgehead atoms. The Morgan fingerprint density at radius 1 is 1.09 bits per heavy atom. The summed E-state index contributed by atoms with van der Waals surface area (Å²) in [6.45, 7) is 4.90. The van der Waals surface area contributed by atoms with E-state index in [0.29, 0.717) is 22.3 Å². The van der Waals surface area contributed by atoms with Crippen LogP contribution < -0.4 is 5.32 Å². The molecular formula is C18H20Cl2N2O. The van der Waals surface area contributed by atoms with Gasteiger partial charge in [0.1, 0.15) is 0 Å². The van der Waals surface area contributed by atoms with E-state index < -0.39 is 0 Å². The molecule has 23 heavy (non-hydrogen) atoms. The Hall–Kier alpha value is -1.55. The maximum atomic E-state index is 12.2. The number of benzene rings is 2. The predicted octanol–water partition coefficient (Wildman–Crippen LogP) is 4.68. The monoisotopic (exact) mass is 350 g/mol. The van der Waals surface area contributed by atoms with Gasteiger partial charge in [-0.1, -0.05) is 53.5 Å². The molecule has 0 atom stereocenters. The van der Waals surface area contributed by atoms with Crippen molar-refractivity contribution < 1.29 is 4.79 Å². The third-order valence-corrected chi connectivity index (χ3v) is 4.47. The Bertz CT molecular complexity index is 716. The molecule has 5 heteroatoms. The summed E-state index contributed by atoms with van der Waals surface area (Å²) in [6, 6.07) is 11.7. The summed E-state index contributed by atoms with van der Waals surface area (Å²) in [7, 11) is 1.91. The molecule has 3 nitrogen and oxygen atoms in total. The smallest absolute Gasteiger partial charge is 0.238 e. The molecule has 2 aromatic carbocycles. The average Bonchev–Trinajstić information content (AvgIpc) is 2.50. The number of hydrogen-bond donors (Lipinski definition) is 1. The first kappa shape index (κ1) is 17.8. The molecule has 0 unspecified atom stereocenters. The predicted molar refractivity (Wildman–Crippen MR) is 97.3 cm³/mol. The quantitative estimate of drug-likeness (QED) is 0.848. The van der Waals surface area contributed by atoms with Crippen LogP contribution in [0.25, 0.3) is 0 Å². The van der Waals surface area contributed by atoms with E-state index in [-0.39, 0.29) is 12.5 Å². The molecular weight excluding hydrogens is 331 g/mol. The largest absolute Gasteiger partial charge is 0.322 e. The van der Waals surface area contributed by atoms with Gasteiger partial charge in [0.05, 0.1) is 22.3 Å². The molecule has 0 saturated carbocycles. The van der Waals surface area contributed by atoms with Gasteiger partial charge in [-0.25, -0.2) is 0 Å². The highest BCUT2D eigenvalue weighted by Crippen LogP contribution is 2.32. The normalized spacial score (nSPS) is 10.9. The summed E-state index contributed by atoms with van der Waals surface area (Å²) in [5, 5.41) is 3.73. The number of halogens is 2. The third-order valence-electron chi connectivity index (χ3n) is 3.66. The van der Waals surface area contributed by atoms with E-state index in [9.17, 15) is 4.79 Å². The molecule has 0 heterocycles. The van der Waals surface area contributed by atoms with E-state index in [1.54, 1.807) is 6.07 Å². The lowest BCUT2D eigenvalue weighted by Crippen LogP contribution is -2.30. The molecule has 2 aromatic rings. The number of rotatable bonds is 5. The topological polar surface area (TPSA) is 32.3 Å². The van der Waals surface area contributed by atoms with Gasteiger partial charge in [-0.2, -0.15) is 0 Å². The van der Waals surface area contributed by atoms with Crippen LogP contribution in [0.5, 0.6) is 0 Å². The van der Waals surface area contributed by atoms with Crippen LogP contribution in [0.4, 0.5) is 5.69 Å². The molecule has 1 N–H and O–H groups in total. The fourth-order valence-corrected chi connectivity index (χ4v) is 2.79. The first-order valence-corrected chi connectivity index (χ1v) is 8.11. The number of amides is 1. The first-order valence-electron chi connectivity index (χ1n) is 7.36. The second kappa shape index (κ2) is 7.82. The van der Waals surface area contributed by atoms with Gasteiger partial charge in [-0.15, -0.1) is 0 Å². The van der Waals surface area contributed by atoms with Crippen molar-refractivity contribution in [3.8, 4) is 0 Å². The molecule has 0 saturated heterocycles. The van der Waals surface area contributed by atoms with Gasteiger partial charge in [0.15, 0.2) is 0 Å². The van der Waals surface area contributed by atoms with E-state index in [0.717, 1.165) is 5.56 Å². The number of carbonyl (C=O) groups excluding carboxylic acids is 1. The van der Waals surface area contributed by atoms with Crippen molar-refractivity contribution in [1.82, 2.24) is 4.90 Å². The molecule has 0 aliphatic carbocycles. The highest BCUT2D eigenvalue weighted by molar-refractivity contribution is 6.40. The van der Waals surface area contributed by atoms with Gasteiger partial charge < -0.3 is 5.32 Å². The van der Waals surface area contributed by atoms with E-state index in [1.165, 1.54) is 11.1 Å². The maximum absolute atomic E-state index is 12.2. The number of aryl methyl sites for hydroxylation is 2. The second-order valence-electron chi connectivity index (χ2n) is 5.70. The lowest BCUT2D eigenvalue weighted by atomic mass is 10.1. The minimum absolute atomic E-state index is 0.143. The summed E-state index contributed by atoms with van der Waals surface area (Å²) in [5.74, 6) is -0.143. The zero-order valence-corrected chi connectivity index (χ0v) is 15.0. The van der Waals surface area contributed by atoms with Crippen molar-refractivity contribution in [1.29, 1.82) is 0 Å². The summed E-state index contributed by atoms with van der Waals surface area (Å²) >= 11 is 12.3. The Kier molecular flexibility index (Phi) is 6.05. The van der Waals surface area contributed by atoms with Gasteiger partial charge in [-0.05, 0) is 43.7 Å². The van der Waals surface area contributed by atoms with E-state index in [1.807, 2.05) is 37.1 Å². The number of carbonyl (C=O) groups is 1. The lowest BCUT2D eigenvalue weighted by Gasteiger charge is -2.18. The average molecular weight is 351 g/mol. The van der Waals surface area contributed by atoms with Crippen molar-refractivity contribution >= 4 is 34.8 Å². The number of anilines is 1. The van der Waals surface area contributed by atoms with Crippen molar-refractivity contribution in [2.45, 2.75) is 20.4 Å². The SMILES string of the molecule is Cc1ccccc1CN(C)CC(=O)Nc1c(Cl)ccc(C)c1Cl. The number of likely N-dealkylation sites (N-methyl/N-ethyl adjacent to an activating group) is 1. The van der Waals surface area contributed by atoms with Crippen LogP contribution >= 0.6 is 23.2 Å². The second-order valence-corrected chi connectivity index (χ2v) is 6.49. The van der Waals surface area contributed by atoms with E-state index >= 15 is 0 Å². The standard InChI is InChI=1S/C18H20Cl2N2O/c1-12-6-4-5-7-14(12)10-22(3)11-16(23)21-18-15(19)9-8-13(2)17(18)20/h4-9H,10-11H2,1-3H3,(H,21,23). The first-order chi connectivity index (χ1) is 10.9. The minimum atomic E-state index is -0.143. The molecule has 122 valence electrons.